The lowest BCUT2D eigenvalue weighted by molar-refractivity contribution is 0.116. The molecule has 3 aromatic rings. The maximum atomic E-state index is 13.1. The average molecular weight is 433 g/mol. The molecule has 5 heteroatoms. The lowest BCUT2D eigenvalue weighted by Crippen LogP contribution is -2.52. The Morgan fingerprint density at radius 1 is 0.774 bits per heavy atom. The number of rotatable bonds is 5. The second-order valence-corrected chi connectivity index (χ2v) is 10.6. The van der Waals surface area contributed by atoms with Gasteiger partial charge in [0.15, 0.2) is 0 Å². The summed E-state index contributed by atoms with van der Waals surface area (Å²) in [5.74, 6) is 0.441. The Morgan fingerprint density at radius 3 is 1.97 bits per heavy atom. The summed E-state index contributed by atoms with van der Waals surface area (Å²) < 4.78 is 27.9. The molecule has 2 aliphatic rings. The number of sulfonamides is 1. The zero-order valence-corrected chi connectivity index (χ0v) is 18.6. The minimum absolute atomic E-state index is 0.0394. The van der Waals surface area contributed by atoms with Crippen molar-refractivity contribution in [2.45, 2.75) is 29.7 Å². The molecule has 0 amide bonds. The van der Waals surface area contributed by atoms with Gasteiger partial charge >= 0.3 is 0 Å². The molecular weight excluding hydrogens is 404 g/mol. The smallest absolute Gasteiger partial charge is 0.243 e. The highest BCUT2D eigenvalue weighted by atomic mass is 32.2. The average Bonchev–Trinajstić information content (AvgIpc) is 3.58. The van der Waals surface area contributed by atoms with Crippen LogP contribution in [0.4, 0.5) is 0 Å². The quantitative estimate of drug-likeness (QED) is 0.601. The summed E-state index contributed by atoms with van der Waals surface area (Å²) in [4.78, 5) is 2.90. The normalized spacial score (nSPS) is 24.7. The second kappa shape index (κ2) is 7.90. The summed E-state index contributed by atoms with van der Waals surface area (Å²) in [5.41, 5.74) is 3.72. The van der Waals surface area contributed by atoms with Gasteiger partial charge in [0.05, 0.1) is 10.4 Å². The molecule has 5 rings (SSSR count). The molecule has 1 heterocycles. The van der Waals surface area contributed by atoms with Gasteiger partial charge in [0.1, 0.15) is 0 Å². The molecule has 0 radical (unpaired) electrons. The molecule has 0 N–H and O–H groups in total. The first-order chi connectivity index (χ1) is 15.0. The Bertz CT molecular complexity index is 1140. The van der Waals surface area contributed by atoms with Crippen molar-refractivity contribution >= 4 is 10.0 Å². The molecule has 0 spiro atoms. The number of hydrogen-bond donors (Lipinski definition) is 0. The highest BCUT2D eigenvalue weighted by Gasteiger charge is 2.60. The van der Waals surface area contributed by atoms with Crippen molar-refractivity contribution in [3.8, 4) is 0 Å². The van der Waals surface area contributed by atoms with E-state index in [1.54, 1.807) is 16.4 Å². The fraction of sp³-hybridized carbons (Fsp3) is 0.308. The summed E-state index contributed by atoms with van der Waals surface area (Å²) in [7, 11) is -3.45. The van der Waals surface area contributed by atoms with Gasteiger partial charge in [-0.2, -0.15) is 4.31 Å². The van der Waals surface area contributed by atoms with Gasteiger partial charge in [-0.25, -0.2) is 8.42 Å². The van der Waals surface area contributed by atoms with Crippen LogP contribution < -0.4 is 0 Å². The largest absolute Gasteiger partial charge is 0.290 e. The van der Waals surface area contributed by atoms with Gasteiger partial charge in [-0.1, -0.05) is 78.4 Å². The second-order valence-electron chi connectivity index (χ2n) is 8.66. The van der Waals surface area contributed by atoms with Crippen molar-refractivity contribution in [2.24, 2.45) is 0 Å². The third kappa shape index (κ3) is 3.61. The van der Waals surface area contributed by atoms with E-state index in [2.05, 4.69) is 65.6 Å². The number of nitrogens with zero attached hydrogens (tertiary/aromatic N) is 2. The Morgan fingerprint density at radius 2 is 1.35 bits per heavy atom. The lowest BCUT2D eigenvalue weighted by Gasteiger charge is -2.40. The van der Waals surface area contributed by atoms with E-state index < -0.39 is 10.0 Å². The van der Waals surface area contributed by atoms with Gasteiger partial charge in [-0.3, -0.25) is 4.90 Å². The minimum Gasteiger partial charge on any atom is -0.290 e. The third-order valence-electron chi connectivity index (χ3n) is 6.87. The highest BCUT2D eigenvalue weighted by molar-refractivity contribution is 7.89. The first-order valence-corrected chi connectivity index (χ1v) is 12.4. The molecule has 1 aliphatic carbocycles. The summed E-state index contributed by atoms with van der Waals surface area (Å²) in [6, 6.07) is 28.6. The van der Waals surface area contributed by atoms with Gasteiger partial charge in [0.2, 0.25) is 10.0 Å². The summed E-state index contributed by atoms with van der Waals surface area (Å²) in [6.45, 7) is 4.49. The van der Waals surface area contributed by atoms with Crippen molar-refractivity contribution in [2.75, 3.05) is 26.2 Å². The van der Waals surface area contributed by atoms with Crippen LogP contribution in [0.5, 0.6) is 0 Å². The van der Waals surface area contributed by atoms with Crippen LogP contribution in [0.25, 0.3) is 0 Å². The fourth-order valence-electron chi connectivity index (χ4n) is 5.10. The van der Waals surface area contributed by atoms with Gasteiger partial charge in [0, 0.05) is 32.1 Å². The van der Waals surface area contributed by atoms with E-state index in [0.717, 1.165) is 25.1 Å². The Labute approximate surface area is 185 Å². The molecule has 31 heavy (non-hydrogen) atoms. The summed E-state index contributed by atoms with van der Waals surface area (Å²) in [6.07, 6.45) is 1.08. The van der Waals surface area contributed by atoms with Gasteiger partial charge < -0.3 is 0 Å². The van der Waals surface area contributed by atoms with Crippen molar-refractivity contribution in [1.29, 1.82) is 0 Å². The molecule has 0 unspecified atom stereocenters. The fourth-order valence-corrected chi connectivity index (χ4v) is 6.52. The number of aryl methyl sites for hydroxylation is 1. The summed E-state index contributed by atoms with van der Waals surface area (Å²) >= 11 is 0. The third-order valence-corrected chi connectivity index (χ3v) is 8.78. The SMILES string of the molecule is Cc1ccc(S(=O)(=O)N2CCN([C@@]3(c4ccccc4)C[C@H]3c3ccccc3)CC2)cc1. The molecule has 1 saturated carbocycles. The first kappa shape index (κ1) is 20.4. The number of hydrogen-bond acceptors (Lipinski definition) is 3. The zero-order chi connectivity index (χ0) is 21.5. The van der Waals surface area contributed by atoms with Gasteiger partial charge in [-0.15, -0.1) is 0 Å². The predicted octanol–water partition coefficient (Wildman–Crippen LogP) is 4.38. The molecule has 2 fully saturated rings. The summed E-state index contributed by atoms with van der Waals surface area (Å²) in [5, 5.41) is 0. The zero-order valence-electron chi connectivity index (χ0n) is 17.8. The molecule has 3 aromatic carbocycles. The number of benzene rings is 3. The van der Waals surface area contributed by atoms with Crippen LogP contribution in [0.3, 0.4) is 0 Å². The lowest BCUT2D eigenvalue weighted by atomic mass is 9.96. The number of piperazine rings is 1. The van der Waals surface area contributed by atoms with Crippen molar-refractivity contribution in [3.05, 3.63) is 102 Å². The topological polar surface area (TPSA) is 40.6 Å². The van der Waals surface area contributed by atoms with Crippen LogP contribution in [-0.2, 0) is 15.6 Å². The molecular formula is C26H28N2O2S. The van der Waals surface area contributed by atoms with Crippen LogP contribution >= 0.6 is 0 Å². The maximum absolute atomic E-state index is 13.1. The Hall–Kier alpha value is -2.47. The van der Waals surface area contributed by atoms with Crippen molar-refractivity contribution in [3.63, 3.8) is 0 Å². The molecule has 0 aromatic heterocycles. The minimum atomic E-state index is -3.45. The van der Waals surface area contributed by atoms with Crippen LogP contribution in [-0.4, -0.2) is 43.8 Å². The van der Waals surface area contributed by atoms with Crippen LogP contribution in [0, 0.1) is 6.92 Å². The molecule has 160 valence electrons. The molecule has 1 saturated heterocycles. The van der Waals surface area contributed by atoms with Crippen LogP contribution in [0.2, 0.25) is 0 Å². The molecule has 4 nitrogen and oxygen atoms in total. The van der Waals surface area contributed by atoms with E-state index in [1.165, 1.54) is 11.1 Å². The van der Waals surface area contributed by atoms with E-state index in [4.69, 9.17) is 0 Å². The Kier molecular flexibility index (Phi) is 5.21. The van der Waals surface area contributed by atoms with Crippen molar-refractivity contribution < 1.29 is 8.42 Å². The van der Waals surface area contributed by atoms with Gasteiger partial charge in [-0.05, 0) is 36.6 Å². The first-order valence-electron chi connectivity index (χ1n) is 10.9. The van der Waals surface area contributed by atoms with Crippen LogP contribution in [0.1, 0.15) is 29.0 Å². The monoisotopic (exact) mass is 432 g/mol. The standard InChI is InChI=1S/C26H28N2O2S/c1-21-12-14-24(15-13-21)31(29,30)28-18-16-27(17-19-28)26(23-10-6-3-7-11-23)20-25(26)22-8-4-2-5-9-22/h2-15,25H,16-20H2,1H3/t25-,26+/m0/s1. The predicted molar refractivity (Wildman–Crippen MR) is 123 cm³/mol. The van der Waals surface area contributed by atoms with Crippen molar-refractivity contribution in [1.82, 2.24) is 9.21 Å². The van der Waals surface area contributed by atoms with Crippen LogP contribution in [0.15, 0.2) is 89.8 Å². The maximum Gasteiger partial charge on any atom is 0.243 e. The van der Waals surface area contributed by atoms with E-state index in [-0.39, 0.29) is 5.54 Å². The molecule has 2 atom stereocenters. The van der Waals surface area contributed by atoms with E-state index >= 15 is 0 Å². The van der Waals surface area contributed by atoms with E-state index in [9.17, 15) is 8.42 Å². The Balaban J connectivity index is 1.38. The molecule has 0 bridgehead atoms. The van der Waals surface area contributed by atoms with E-state index in [1.807, 2.05) is 19.1 Å². The van der Waals surface area contributed by atoms with E-state index in [0.29, 0.717) is 23.9 Å². The molecule has 1 aliphatic heterocycles. The highest BCUT2D eigenvalue weighted by Crippen LogP contribution is 2.62. The van der Waals surface area contributed by atoms with Gasteiger partial charge in [0.25, 0.3) is 0 Å².